The molecule has 4 unspecified atom stereocenters. The van der Waals surface area contributed by atoms with E-state index in [9.17, 15) is 0 Å². The van der Waals surface area contributed by atoms with E-state index in [1.165, 1.54) is 38.5 Å². The van der Waals surface area contributed by atoms with Crippen molar-refractivity contribution in [2.75, 3.05) is 13.2 Å². The van der Waals surface area contributed by atoms with Crippen LogP contribution in [0.4, 0.5) is 0 Å². The molecular weight excluding hydrogens is 212 g/mol. The summed E-state index contributed by atoms with van der Waals surface area (Å²) in [5, 5.41) is 3.60. The van der Waals surface area contributed by atoms with E-state index in [0.29, 0.717) is 6.04 Å². The first-order valence-electron chi connectivity index (χ1n) is 7.32. The van der Waals surface area contributed by atoms with Crippen LogP contribution in [0.15, 0.2) is 4.99 Å². The van der Waals surface area contributed by atoms with Crippen LogP contribution < -0.4 is 5.32 Å². The molecule has 96 valence electrons. The molecule has 0 aromatic rings. The lowest BCUT2D eigenvalue weighted by Gasteiger charge is -2.32. The number of rotatable bonds is 4. The molecule has 0 aromatic carbocycles. The molecule has 1 N–H and O–H groups in total. The zero-order valence-corrected chi connectivity index (χ0v) is 10.8. The van der Waals surface area contributed by atoms with E-state index >= 15 is 0 Å². The SMILES string of the molecule is CCCCC1C2CCC(C2)C1NC1=NCCO1. The van der Waals surface area contributed by atoms with Gasteiger partial charge in [0.15, 0.2) is 0 Å². The normalized spacial score (nSPS) is 39.2. The highest BCUT2D eigenvalue weighted by Crippen LogP contribution is 2.50. The van der Waals surface area contributed by atoms with Crippen molar-refractivity contribution in [1.29, 1.82) is 0 Å². The molecule has 0 saturated heterocycles. The predicted octanol–water partition coefficient (Wildman–Crippen LogP) is 2.57. The van der Waals surface area contributed by atoms with Crippen LogP contribution in [0, 0.1) is 17.8 Å². The average molecular weight is 236 g/mol. The van der Waals surface area contributed by atoms with Gasteiger partial charge in [0.2, 0.25) is 0 Å². The molecule has 2 saturated carbocycles. The van der Waals surface area contributed by atoms with Gasteiger partial charge in [-0.3, -0.25) is 0 Å². The van der Waals surface area contributed by atoms with Crippen LogP contribution in [-0.4, -0.2) is 25.2 Å². The lowest BCUT2D eigenvalue weighted by atomic mass is 9.81. The molecule has 2 fully saturated rings. The minimum absolute atomic E-state index is 0.650. The Morgan fingerprint density at radius 1 is 1.35 bits per heavy atom. The molecule has 1 aliphatic heterocycles. The van der Waals surface area contributed by atoms with Gasteiger partial charge in [0, 0.05) is 6.04 Å². The second-order valence-corrected chi connectivity index (χ2v) is 5.84. The van der Waals surface area contributed by atoms with Crippen molar-refractivity contribution in [3.63, 3.8) is 0 Å². The number of hydrogen-bond donors (Lipinski definition) is 1. The first kappa shape index (κ1) is 11.4. The first-order valence-corrected chi connectivity index (χ1v) is 7.32. The molecule has 0 spiro atoms. The van der Waals surface area contributed by atoms with E-state index in [0.717, 1.165) is 36.9 Å². The minimum Gasteiger partial charge on any atom is -0.463 e. The Balaban J connectivity index is 1.63. The summed E-state index contributed by atoms with van der Waals surface area (Å²) in [6.45, 7) is 3.89. The van der Waals surface area contributed by atoms with E-state index in [-0.39, 0.29) is 0 Å². The number of aliphatic imine (C=N–C) groups is 1. The van der Waals surface area contributed by atoms with Gasteiger partial charge in [-0.25, -0.2) is 4.99 Å². The predicted molar refractivity (Wildman–Crippen MR) is 69.0 cm³/mol. The zero-order valence-electron chi connectivity index (χ0n) is 10.8. The van der Waals surface area contributed by atoms with E-state index in [2.05, 4.69) is 17.2 Å². The largest absolute Gasteiger partial charge is 0.463 e. The van der Waals surface area contributed by atoms with Gasteiger partial charge in [-0.15, -0.1) is 0 Å². The van der Waals surface area contributed by atoms with Crippen LogP contribution in [0.3, 0.4) is 0 Å². The topological polar surface area (TPSA) is 33.6 Å². The quantitative estimate of drug-likeness (QED) is 0.814. The Labute approximate surface area is 104 Å². The Morgan fingerprint density at radius 2 is 2.24 bits per heavy atom. The maximum Gasteiger partial charge on any atom is 0.285 e. The number of amidine groups is 1. The third-order valence-corrected chi connectivity index (χ3v) is 4.86. The van der Waals surface area contributed by atoms with Crippen LogP contribution >= 0.6 is 0 Å². The van der Waals surface area contributed by atoms with Crippen molar-refractivity contribution in [3.05, 3.63) is 0 Å². The fourth-order valence-electron chi connectivity index (χ4n) is 4.06. The number of hydrogen-bond acceptors (Lipinski definition) is 3. The Bertz CT molecular complexity index is 303. The molecule has 3 nitrogen and oxygen atoms in total. The third-order valence-electron chi connectivity index (χ3n) is 4.86. The monoisotopic (exact) mass is 236 g/mol. The molecule has 4 atom stereocenters. The second kappa shape index (κ2) is 4.87. The summed E-state index contributed by atoms with van der Waals surface area (Å²) in [6.07, 6.45) is 8.40. The van der Waals surface area contributed by atoms with Crippen molar-refractivity contribution < 1.29 is 4.74 Å². The summed E-state index contributed by atoms with van der Waals surface area (Å²) in [5.74, 6) is 2.74. The summed E-state index contributed by atoms with van der Waals surface area (Å²) >= 11 is 0. The van der Waals surface area contributed by atoms with Crippen molar-refractivity contribution in [2.24, 2.45) is 22.7 Å². The summed E-state index contributed by atoms with van der Waals surface area (Å²) < 4.78 is 5.51. The number of ether oxygens (including phenoxy) is 1. The molecule has 17 heavy (non-hydrogen) atoms. The minimum atomic E-state index is 0.650. The molecule has 2 bridgehead atoms. The van der Waals surface area contributed by atoms with E-state index < -0.39 is 0 Å². The average Bonchev–Trinajstić information content (AvgIpc) is 3.03. The van der Waals surface area contributed by atoms with Gasteiger partial charge < -0.3 is 10.1 Å². The second-order valence-electron chi connectivity index (χ2n) is 5.84. The summed E-state index contributed by atoms with van der Waals surface area (Å²) in [6, 6.07) is 1.47. The van der Waals surface area contributed by atoms with Gasteiger partial charge in [-0.1, -0.05) is 19.8 Å². The molecule has 3 heteroatoms. The van der Waals surface area contributed by atoms with Crippen LogP contribution in [0.25, 0.3) is 0 Å². The molecule has 0 amide bonds. The standard InChI is InChI=1S/C14H24N2O/c1-2-3-4-12-10-5-6-11(9-10)13(12)16-14-15-7-8-17-14/h10-13H,2-9H2,1H3,(H,15,16). The molecular formula is C14H24N2O. The summed E-state index contributed by atoms with van der Waals surface area (Å²) in [4.78, 5) is 4.38. The highest BCUT2D eigenvalue weighted by Gasteiger charge is 2.47. The van der Waals surface area contributed by atoms with Crippen LogP contribution in [0.5, 0.6) is 0 Å². The van der Waals surface area contributed by atoms with Gasteiger partial charge in [-0.05, 0) is 43.4 Å². The van der Waals surface area contributed by atoms with E-state index in [1.807, 2.05) is 0 Å². The molecule has 3 rings (SSSR count). The highest BCUT2D eigenvalue weighted by molar-refractivity contribution is 5.75. The number of nitrogens with zero attached hydrogens (tertiary/aromatic N) is 1. The van der Waals surface area contributed by atoms with Crippen LogP contribution in [0.2, 0.25) is 0 Å². The lowest BCUT2D eigenvalue weighted by molar-refractivity contribution is 0.234. The highest BCUT2D eigenvalue weighted by atomic mass is 16.5. The molecule has 3 aliphatic rings. The Morgan fingerprint density at radius 3 is 3.00 bits per heavy atom. The number of fused-ring (bicyclic) bond motifs is 2. The fraction of sp³-hybridized carbons (Fsp3) is 0.929. The maximum absolute atomic E-state index is 5.51. The number of nitrogens with one attached hydrogen (secondary N) is 1. The van der Waals surface area contributed by atoms with Gasteiger partial charge in [0.05, 0.1) is 6.54 Å². The van der Waals surface area contributed by atoms with Gasteiger partial charge >= 0.3 is 0 Å². The van der Waals surface area contributed by atoms with Crippen molar-refractivity contribution in [2.45, 2.75) is 51.5 Å². The van der Waals surface area contributed by atoms with E-state index in [4.69, 9.17) is 4.74 Å². The number of unbranched alkanes of at least 4 members (excludes halogenated alkanes) is 1. The Hall–Kier alpha value is -0.730. The maximum atomic E-state index is 5.51. The van der Waals surface area contributed by atoms with Crippen LogP contribution in [0.1, 0.15) is 45.4 Å². The summed E-state index contributed by atoms with van der Waals surface area (Å²) in [7, 11) is 0. The lowest BCUT2D eigenvalue weighted by Crippen LogP contribution is -2.44. The molecule has 0 radical (unpaired) electrons. The van der Waals surface area contributed by atoms with Gasteiger partial charge in [0.1, 0.15) is 6.61 Å². The summed E-state index contributed by atoms with van der Waals surface area (Å²) in [5.41, 5.74) is 0. The molecule has 0 aromatic heterocycles. The van der Waals surface area contributed by atoms with Crippen LogP contribution in [-0.2, 0) is 4.74 Å². The van der Waals surface area contributed by atoms with Crippen molar-refractivity contribution in [1.82, 2.24) is 5.32 Å². The Kier molecular flexibility index (Phi) is 3.26. The molecule has 1 heterocycles. The van der Waals surface area contributed by atoms with Gasteiger partial charge in [0.25, 0.3) is 6.02 Å². The zero-order chi connectivity index (χ0) is 11.7. The fourth-order valence-corrected chi connectivity index (χ4v) is 4.06. The van der Waals surface area contributed by atoms with E-state index in [1.54, 1.807) is 0 Å². The van der Waals surface area contributed by atoms with Crippen molar-refractivity contribution >= 4 is 6.02 Å². The third kappa shape index (κ3) is 2.16. The first-order chi connectivity index (χ1) is 8.38. The van der Waals surface area contributed by atoms with Gasteiger partial charge in [-0.2, -0.15) is 0 Å². The smallest absolute Gasteiger partial charge is 0.285 e. The van der Waals surface area contributed by atoms with Crippen molar-refractivity contribution in [3.8, 4) is 0 Å². The molecule has 2 aliphatic carbocycles.